The minimum Gasteiger partial charge on any atom is -0.379 e. The zero-order valence-electron chi connectivity index (χ0n) is 10.9. The minimum absolute atomic E-state index is 0.209. The van der Waals surface area contributed by atoms with Crippen LogP contribution in [0.2, 0.25) is 5.02 Å². The van der Waals surface area contributed by atoms with Gasteiger partial charge >= 0.3 is 0 Å². The molecule has 0 aliphatic carbocycles. The second-order valence-electron chi connectivity index (χ2n) is 4.15. The number of methoxy groups -OCH3 is 1. The molecule has 17 heavy (non-hydrogen) atoms. The van der Waals surface area contributed by atoms with E-state index in [4.69, 9.17) is 16.3 Å². The highest BCUT2D eigenvalue weighted by Gasteiger charge is 2.21. The van der Waals surface area contributed by atoms with Crippen molar-refractivity contribution < 1.29 is 4.74 Å². The molecule has 2 atom stereocenters. The Morgan fingerprint density at radius 1 is 1.24 bits per heavy atom. The number of benzene rings is 1. The van der Waals surface area contributed by atoms with Crippen LogP contribution in [-0.4, -0.2) is 19.8 Å². The van der Waals surface area contributed by atoms with E-state index in [9.17, 15) is 0 Å². The van der Waals surface area contributed by atoms with Crippen molar-refractivity contribution in [3.63, 3.8) is 0 Å². The summed E-state index contributed by atoms with van der Waals surface area (Å²) in [5, 5.41) is 4.26. The summed E-state index contributed by atoms with van der Waals surface area (Å²) in [5.74, 6) is 0. The van der Waals surface area contributed by atoms with Gasteiger partial charge in [0.25, 0.3) is 0 Å². The summed E-state index contributed by atoms with van der Waals surface area (Å²) in [6, 6.07) is 8.23. The molecule has 0 bridgehead atoms. The molecule has 0 radical (unpaired) electrons. The Balaban J connectivity index is 2.86. The van der Waals surface area contributed by atoms with E-state index in [2.05, 4.69) is 31.3 Å². The van der Waals surface area contributed by atoms with Gasteiger partial charge in [0.15, 0.2) is 0 Å². The Morgan fingerprint density at radius 2 is 1.88 bits per heavy atom. The van der Waals surface area contributed by atoms with Crippen molar-refractivity contribution >= 4 is 11.6 Å². The second kappa shape index (κ2) is 7.70. The molecule has 0 saturated carbocycles. The van der Waals surface area contributed by atoms with Crippen LogP contribution < -0.4 is 5.32 Å². The Bertz CT molecular complexity index is 313. The highest BCUT2D eigenvalue weighted by molar-refractivity contribution is 6.30. The zero-order chi connectivity index (χ0) is 12.7. The van der Waals surface area contributed by atoms with E-state index < -0.39 is 0 Å². The third-order valence-corrected chi connectivity index (χ3v) is 3.15. The summed E-state index contributed by atoms with van der Waals surface area (Å²) < 4.78 is 5.59. The van der Waals surface area contributed by atoms with E-state index in [1.165, 1.54) is 5.56 Å². The van der Waals surface area contributed by atoms with E-state index in [1.54, 1.807) is 7.11 Å². The molecular weight excluding hydrogens is 234 g/mol. The Morgan fingerprint density at radius 3 is 2.35 bits per heavy atom. The molecule has 0 amide bonds. The van der Waals surface area contributed by atoms with Crippen LogP contribution >= 0.6 is 11.6 Å². The average Bonchev–Trinajstić information content (AvgIpc) is 2.35. The number of rotatable bonds is 7. The quantitative estimate of drug-likeness (QED) is 0.800. The monoisotopic (exact) mass is 255 g/mol. The van der Waals surface area contributed by atoms with Gasteiger partial charge in [-0.2, -0.15) is 0 Å². The molecule has 0 aliphatic rings. The molecule has 2 nitrogen and oxygen atoms in total. The molecule has 2 unspecified atom stereocenters. The van der Waals surface area contributed by atoms with Crippen LogP contribution in [0.15, 0.2) is 24.3 Å². The maximum absolute atomic E-state index is 5.92. The largest absolute Gasteiger partial charge is 0.379 e. The Kier molecular flexibility index (Phi) is 6.56. The van der Waals surface area contributed by atoms with E-state index >= 15 is 0 Å². The molecule has 0 heterocycles. The first-order chi connectivity index (χ1) is 8.22. The first-order valence-electron chi connectivity index (χ1n) is 6.24. The Labute approximate surface area is 109 Å². The smallest absolute Gasteiger partial charge is 0.0765 e. The zero-order valence-corrected chi connectivity index (χ0v) is 11.6. The van der Waals surface area contributed by atoms with Crippen LogP contribution in [0.5, 0.6) is 0 Å². The van der Waals surface area contributed by atoms with E-state index in [0.717, 1.165) is 24.4 Å². The van der Waals surface area contributed by atoms with Gasteiger partial charge in [-0.15, -0.1) is 0 Å². The molecule has 0 saturated heterocycles. The minimum atomic E-state index is 0.209. The van der Waals surface area contributed by atoms with Crippen LogP contribution in [0.1, 0.15) is 38.3 Å². The summed E-state index contributed by atoms with van der Waals surface area (Å²) in [4.78, 5) is 0. The first kappa shape index (κ1) is 14.5. The van der Waals surface area contributed by atoms with E-state index in [-0.39, 0.29) is 12.1 Å². The summed E-state index contributed by atoms with van der Waals surface area (Å²) in [5.41, 5.74) is 1.23. The number of ether oxygens (including phenoxy) is 1. The summed E-state index contributed by atoms with van der Waals surface area (Å²) in [6.45, 7) is 5.22. The molecule has 1 aromatic rings. The normalized spacial score (nSPS) is 14.6. The Hall–Kier alpha value is -0.570. The molecule has 0 aromatic heterocycles. The van der Waals surface area contributed by atoms with Gasteiger partial charge in [-0.3, -0.25) is 0 Å². The van der Waals surface area contributed by atoms with Crippen molar-refractivity contribution in [2.45, 2.75) is 38.8 Å². The van der Waals surface area contributed by atoms with Gasteiger partial charge in [0.2, 0.25) is 0 Å². The van der Waals surface area contributed by atoms with Crippen molar-refractivity contribution in [1.82, 2.24) is 5.32 Å². The van der Waals surface area contributed by atoms with Gasteiger partial charge in [-0.05, 0) is 30.7 Å². The van der Waals surface area contributed by atoms with Crippen molar-refractivity contribution in [2.75, 3.05) is 13.7 Å². The molecule has 96 valence electrons. The maximum Gasteiger partial charge on any atom is 0.0765 e. The molecule has 0 spiro atoms. The van der Waals surface area contributed by atoms with Gasteiger partial charge in [0, 0.05) is 12.1 Å². The fourth-order valence-corrected chi connectivity index (χ4v) is 2.19. The summed E-state index contributed by atoms with van der Waals surface area (Å²) in [7, 11) is 1.78. The molecule has 3 heteroatoms. The maximum atomic E-state index is 5.92. The molecule has 0 fully saturated rings. The fraction of sp³-hybridized carbons (Fsp3) is 0.571. The molecule has 1 rings (SSSR count). The van der Waals surface area contributed by atoms with Crippen LogP contribution in [0.3, 0.4) is 0 Å². The van der Waals surface area contributed by atoms with Gasteiger partial charge < -0.3 is 10.1 Å². The van der Waals surface area contributed by atoms with Crippen molar-refractivity contribution in [3.05, 3.63) is 34.9 Å². The third kappa shape index (κ3) is 4.30. The highest BCUT2D eigenvalue weighted by atomic mass is 35.5. The van der Waals surface area contributed by atoms with Crippen molar-refractivity contribution in [1.29, 1.82) is 0 Å². The van der Waals surface area contributed by atoms with E-state index in [1.807, 2.05) is 12.1 Å². The van der Waals surface area contributed by atoms with Crippen molar-refractivity contribution in [2.24, 2.45) is 0 Å². The molecule has 1 N–H and O–H groups in total. The molecule has 1 aromatic carbocycles. The van der Waals surface area contributed by atoms with Crippen LogP contribution in [0.4, 0.5) is 0 Å². The number of hydrogen-bond donors (Lipinski definition) is 1. The van der Waals surface area contributed by atoms with Crippen LogP contribution in [0.25, 0.3) is 0 Å². The van der Waals surface area contributed by atoms with Gasteiger partial charge in [-0.25, -0.2) is 0 Å². The number of halogens is 1. The fourth-order valence-electron chi connectivity index (χ4n) is 2.06. The van der Waals surface area contributed by atoms with Crippen LogP contribution in [-0.2, 0) is 4.74 Å². The van der Waals surface area contributed by atoms with Gasteiger partial charge in [-0.1, -0.05) is 44.0 Å². The second-order valence-corrected chi connectivity index (χ2v) is 4.59. The lowest BCUT2D eigenvalue weighted by Gasteiger charge is -2.27. The molecular formula is C14H22ClNO. The van der Waals surface area contributed by atoms with Crippen LogP contribution in [0, 0.1) is 0 Å². The highest BCUT2D eigenvalue weighted by Crippen LogP contribution is 2.23. The molecule has 0 aliphatic heterocycles. The number of hydrogen-bond acceptors (Lipinski definition) is 2. The lowest BCUT2D eigenvalue weighted by atomic mass is 9.98. The standard InChI is InChI=1S/C14H22ClNO/c1-4-6-13(17-3)14(16-5-2)11-7-9-12(15)10-8-11/h7-10,13-14,16H,4-6H2,1-3H3. The lowest BCUT2D eigenvalue weighted by molar-refractivity contribution is 0.0611. The number of nitrogens with one attached hydrogen (secondary N) is 1. The predicted molar refractivity (Wildman–Crippen MR) is 73.6 cm³/mol. The summed E-state index contributed by atoms with van der Waals surface area (Å²) in [6.07, 6.45) is 2.38. The third-order valence-electron chi connectivity index (χ3n) is 2.90. The van der Waals surface area contributed by atoms with Crippen molar-refractivity contribution in [3.8, 4) is 0 Å². The topological polar surface area (TPSA) is 21.3 Å². The first-order valence-corrected chi connectivity index (χ1v) is 6.62. The van der Waals surface area contributed by atoms with Gasteiger partial charge in [0.05, 0.1) is 12.1 Å². The average molecular weight is 256 g/mol. The SMILES string of the molecule is CCCC(OC)C(NCC)c1ccc(Cl)cc1. The summed E-state index contributed by atoms with van der Waals surface area (Å²) >= 11 is 5.92. The predicted octanol–water partition coefficient (Wildman–Crippen LogP) is 3.81. The van der Waals surface area contributed by atoms with Gasteiger partial charge in [0.1, 0.15) is 0 Å². The lowest BCUT2D eigenvalue weighted by Crippen LogP contribution is -2.33. The number of likely N-dealkylation sites (N-methyl/N-ethyl adjacent to an activating group) is 1. The van der Waals surface area contributed by atoms with E-state index in [0.29, 0.717) is 0 Å².